The zero-order valence-corrected chi connectivity index (χ0v) is 15.2. The maximum Gasteiger partial charge on any atom is 0.294 e. The lowest BCUT2D eigenvalue weighted by Gasteiger charge is -2.07. The first-order valence-electron chi connectivity index (χ1n) is 8.45. The zero-order valence-electron chi connectivity index (χ0n) is 15.2. The lowest BCUT2D eigenvalue weighted by Crippen LogP contribution is -2.10. The van der Waals surface area contributed by atoms with E-state index in [2.05, 4.69) is 25.7 Å². The summed E-state index contributed by atoms with van der Waals surface area (Å²) >= 11 is 0. The van der Waals surface area contributed by atoms with E-state index in [9.17, 15) is 4.79 Å². The Kier molecular flexibility index (Phi) is 4.55. The molecule has 0 spiro atoms. The molecular formula is C19H16N6O3. The van der Waals surface area contributed by atoms with Crippen molar-refractivity contribution < 1.29 is 14.1 Å². The number of amides is 1. The Labute approximate surface area is 160 Å². The minimum atomic E-state index is -0.377. The number of carbonyl (C=O) groups excluding carboxylic acids is 1. The smallest absolute Gasteiger partial charge is 0.294 e. The molecule has 0 aliphatic rings. The van der Waals surface area contributed by atoms with Crippen molar-refractivity contribution in [3.8, 4) is 17.4 Å². The van der Waals surface area contributed by atoms with Crippen molar-refractivity contribution in [3.05, 3.63) is 72.1 Å². The van der Waals surface area contributed by atoms with E-state index in [1.807, 2.05) is 24.5 Å². The first-order valence-corrected chi connectivity index (χ1v) is 8.45. The van der Waals surface area contributed by atoms with Gasteiger partial charge < -0.3 is 14.6 Å². The van der Waals surface area contributed by atoms with Crippen LogP contribution < -0.4 is 10.1 Å². The van der Waals surface area contributed by atoms with E-state index < -0.39 is 0 Å². The van der Waals surface area contributed by atoms with Gasteiger partial charge in [0.2, 0.25) is 11.6 Å². The van der Waals surface area contributed by atoms with Gasteiger partial charge in [0.25, 0.3) is 5.91 Å². The predicted octanol–water partition coefficient (Wildman–Crippen LogP) is 3.31. The lowest BCUT2D eigenvalue weighted by molar-refractivity contribution is 0.0988. The molecule has 0 atom stereocenters. The fourth-order valence-electron chi connectivity index (χ4n) is 2.48. The highest BCUT2D eigenvalue weighted by atomic mass is 16.5. The molecule has 3 heterocycles. The molecule has 4 rings (SSSR count). The fraction of sp³-hybridized carbons (Fsp3) is 0.105. The zero-order chi connectivity index (χ0) is 19.5. The topological polar surface area (TPSA) is 108 Å². The van der Waals surface area contributed by atoms with Gasteiger partial charge in [0, 0.05) is 23.5 Å². The minimum absolute atomic E-state index is 0.138. The highest BCUT2D eigenvalue weighted by Gasteiger charge is 2.10. The molecule has 4 aromatic rings. The lowest BCUT2D eigenvalue weighted by atomic mass is 10.3. The highest BCUT2D eigenvalue weighted by molar-refractivity contribution is 6.02. The van der Waals surface area contributed by atoms with E-state index >= 15 is 0 Å². The summed E-state index contributed by atoms with van der Waals surface area (Å²) in [5, 5.41) is 14.5. The summed E-state index contributed by atoms with van der Waals surface area (Å²) in [5.41, 5.74) is 2.55. The van der Waals surface area contributed by atoms with Gasteiger partial charge >= 0.3 is 0 Å². The maximum absolute atomic E-state index is 11.9. The first-order chi connectivity index (χ1) is 13.6. The van der Waals surface area contributed by atoms with E-state index in [-0.39, 0.29) is 11.7 Å². The van der Waals surface area contributed by atoms with Crippen LogP contribution in [0.2, 0.25) is 0 Å². The summed E-state index contributed by atoms with van der Waals surface area (Å²) in [6.45, 7) is 3.91. The molecule has 28 heavy (non-hydrogen) atoms. The Morgan fingerprint density at radius 2 is 1.89 bits per heavy atom. The number of rotatable bonds is 5. The predicted molar refractivity (Wildman–Crippen MR) is 99.6 cm³/mol. The van der Waals surface area contributed by atoms with Crippen LogP contribution in [0.3, 0.4) is 0 Å². The van der Waals surface area contributed by atoms with Crippen LogP contribution in [0, 0.1) is 13.8 Å². The van der Waals surface area contributed by atoms with E-state index in [4.69, 9.17) is 9.26 Å². The Morgan fingerprint density at radius 3 is 2.50 bits per heavy atom. The van der Waals surface area contributed by atoms with Crippen molar-refractivity contribution >= 4 is 11.6 Å². The SMILES string of the molecule is Cc1ncn(-c2ccc(Oc3ccc(NC(=O)c4ccno4)cc3)nn2)c1C. The third-order valence-electron chi connectivity index (χ3n) is 4.12. The number of hydrogen-bond acceptors (Lipinski definition) is 7. The van der Waals surface area contributed by atoms with Crippen molar-refractivity contribution in [1.29, 1.82) is 0 Å². The number of benzene rings is 1. The number of hydrogen-bond donors (Lipinski definition) is 1. The molecule has 0 unspecified atom stereocenters. The van der Waals surface area contributed by atoms with Crippen LogP contribution >= 0.6 is 0 Å². The van der Waals surface area contributed by atoms with Crippen LogP contribution in [-0.2, 0) is 0 Å². The number of imidazole rings is 1. The van der Waals surface area contributed by atoms with E-state index in [0.717, 1.165) is 11.4 Å². The molecule has 0 aliphatic heterocycles. The third kappa shape index (κ3) is 3.58. The molecule has 0 saturated carbocycles. The Morgan fingerprint density at radius 1 is 1.07 bits per heavy atom. The highest BCUT2D eigenvalue weighted by Crippen LogP contribution is 2.22. The largest absolute Gasteiger partial charge is 0.438 e. The molecule has 0 bridgehead atoms. The summed E-state index contributed by atoms with van der Waals surface area (Å²) in [6, 6.07) is 11.9. The normalized spacial score (nSPS) is 10.6. The van der Waals surface area contributed by atoms with Crippen molar-refractivity contribution in [1.82, 2.24) is 24.9 Å². The molecule has 1 N–H and O–H groups in total. The van der Waals surface area contributed by atoms with Crippen LogP contribution in [-0.4, -0.2) is 30.8 Å². The summed E-state index contributed by atoms with van der Waals surface area (Å²) in [4.78, 5) is 16.2. The maximum atomic E-state index is 11.9. The number of ether oxygens (including phenoxy) is 1. The number of carbonyl (C=O) groups is 1. The number of nitrogens with one attached hydrogen (secondary N) is 1. The Hall–Kier alpha value is -4.01. The van der Waals surface area contributed by atoms with Crippen LogP contribution in [0.15, 0.2) is 59.5 Å². The number of aromatic nitrogens is 5. The minimum Gasteiger partial charge on any atom is -0.438 e. The molecule has 140 valence electrons. The van der Waals surface area contributed by atoms with Gasteiger partial charge in [-0.05, 0) is 44.2 Å². The third-order valence-corrected chi connectivity index (χ3v) is 4.12. The quantitative estimate of drug-likeness (QED) is 0.569. The summed E-state index contributed by atoms with van der Waals surface area (Å²) in [7, 11) is 0. The molecule has 0 aliphatic carbocycles. The summed E-state index contributed by atoms with van der Waals surface area (Å²) in [6.07, 6.45) is 3.12. The van der Waals surface area contributed by atoms with Crippen LogP contribution in [0.5, 0.6) is 11.6 Å². The van der Waals surface area contributed by atoms with Crippen LogP contribution in [0.1, 0.15) is 21.9 Å². The Bertz CT molecular complexity index is 1090. The molecule has 0 radical (unpaired) electrons. The fourth-order valence-corrected chi connectivity index (χ4v) is 2.48. The monoisotopic (exact) mass is 376 g/mol. The van der Waals surface area contributed by atoms with Gasteiger partial charge in [-0.3, -0.25) is 9.36 Å². The van der Waals surface area contributed by atoms with Gasteiger partial charge in [0.05, 0.1) is 11.9 Å². The summed E-state index contributed by atoms with van der Waals surface area (Å²) in [5.74, 6) is 1.35. The number of nitrogens with zero attached hydrogens (tertiary/aromatic N) is 5. The molecule has 0 fully saturated rings. The van der Waals surface area contributed by atoms with Gasteiger partial charge in [0.1, 0.15) is 12.1 Å². The number of aryl methyl sites for hydroxylation is 1. The molecule has 9 heteroatoms. The van der Waals surface area contributed by atoms with Gasteiger partial charge in [-0.1, -0.05) is 5.16 Å². The molecular weight excluding hydrogens is 360 g/mol. The van der Waals surface area contributed by atoms with Crippen molar-refractivity contribution in [2.45, 2.75) is 13.8 Å². The van der Waals surface area contributed by atoms with Crippen LogP contribution in [0.25, 0.3) is 5.82 Å². The van der Waals surface area contributed by atoms with Gasteiger partial charge in [0.15, 0.2) is 5.82 Å². The second-order valence-electron chi connectivity index (χ2n) is 5.97. The molecule has 9 nitrogen and oxygen atoms in total. The molecule has 1 amide bonds. The van der Waals surface area contributed by atoms with Crippen LogP contribution in [0.4, 0.5) is 5.69 Å². The number of anilines is 1. The van der Waals surface area contributed by atoms with Crippen molar-refractivity contribution in [2.75, 3.05) is 5.32 Å². The second-order valence-corrected chi connectivity index (χ2v) is 5.97. The van der Waals surface area contributed by atoms with E-state index in [1.54, 1.807) is 36.7 Å². The first kappa shape index (κ1) is 17.4. The second kappa shape index (κ2) is 7.31. The average Bonchev–Trinajstić information content (AvgIpc) is 3.35. The standard InChI is InChI=1S/C19H16N6O3/c1-12-13(2)25(11-20-12)17-7-8-18(24-23-17)27-15-5-3-14(4-6-15)22-19(26)16-9-10-21-28-16/h3-11H,1-2H3,(H,22,26). The van der Waals surface area contributed by atoms with Gasteiger partial charge in [-0.15, -0.1) is 10.2 Å². The van der Waals surface area contributed by atoms with Crippen molar-refractivity contribution in [2.24, 2.45) is 0 Å². The Balaban J connectivity index is 1.41. The average molecular weight is 376 g/mol. The molecule has 1 aromatic carbocycles. The molecule has 0 saturated heterocycles. The summed E-state index contributed by atoms with van der Waals surface area (Å²) < 4.78 is 12.4. The van der Waals surface area contributed by atoms with E-state index in [0.29, 0.717) is 23.1 Å². The molecule has 3 aromatic heterocycles. The van der Waals surface area contributed by atoms with Crippen molar-refractivity contribution in [3.63, 3.8) is 0 Å². The van der Waals surface area contributed by atoms with Gasteiger partial charge in [-0.25, -0.2) is 4.98 Å². The van der Waals surface area contributed by atoms with E-state index in [1.165, 1.54) is 12.3 Å². The van der Waals surface area contributed by atoms with Gasteiger partial charge in [-0.2, -0.15) is 0 Å².